The van der Waals surface area contributed by atoms with Crippen molar-refractivity contribution in [3.8, 4) is 0 Å². The fraction of sp³-hybridized carbons (Fsp3) is 0.733. The second-order valence-electron chi connectivity index (χ2n) is 6.60. The Bertz CT molecular complexity index is 668. The number of fused-ring (bicyclic) bond motifs is 1. The number of amidine groups is 1. The summed E-state index contributed by atoms with van der Waals surface area (Å²) < 4.78 is 22.9. The monoisotopic (exact) mass is 387 g/mol. The van der Waals surface area contributed by atoms with Gasteiger partial charge in [0, 0.05) is 20.8 Å². The van der Waals surface area contributed by atoms with Crippen molar-refractivity contribution >= 4 is 34.7 Å². The second kappa shape index (κ2) is 6.80. The van der Waals surface area contributed by atoms with Crippen LogP contribution in [-0.4, -0.2) is 63.7 Å². The van der Waals surface area contributed by atoms with E-state index in [9.17, 15) is 14.4 Å². The van der Waals surface area contributed by atoms with Gasteiger partial charge in [-0.15, -0.1) is 5.10 Å². The SMILES string of the molecule is CC(=O)NC1=NN(C(C)=O)C([C@@H]2O[C@@H]3OC(C)(C)O[C@@H]3[C@H]2OC(C)=O)S1. The van der Waals surface area contributed by atoms with Gasteiger partial charge < -0.3 is 24.3 Å². The third-order valence-corrected chi connectivity index (χ3v) is 5.00. The highest BCUT2D eigenvalue weighted by atomic mass is 32.2. The van der Waals surface area contributed by atoms with Crippen LogP contribution in [0, 0.1) is 0 Å². The minimum atomic E-state index is -0.875. The first-order valence-electron chi connectivity index (χ1n) is 8.08. The summed E-state index contributed by atoms with van der Waals surface area (Å²) in [6, 6.07) is 0. The summed E-state index contributed by atoms with van der Waals surface area (Å²) in [6.45, 7) is 7.45. The van der Waals surface area contributed by atoms with Crippen molar-refractivity contribution in [3.05, 3.63) is 0 Å². The van der Waals surface area contributed by atoms with Crippen LogP contribution >= 0.6 is 11.8 Å². The van der Waals surface area contributed by atoms with Gasteiger partial charge in [0.15, 0.2) is 29.5 Å². The zero-order valence-corrected chi connectivity index (χ0v) is 15.9. The summed E-state index contributed by atoms with van der Waals surface area (Å²) >= 11 is 1.14. The molecule has 0 aromatic rings. The predicted octanol–water partition coefficient (Wildman–Crippen LogP) is 0.123. The Morgan fingerprint density at radius 3 is 2.46 bits per heavy atom. The molecule has 0 spiro atoms. The van der Waals surface area contributed by atoms with Crippen LogP contribution in [0.1, 0.15) is 34.6 Å². The maximum atomic E-state index is 12.0. The average molecular weight is 387 g/mol. The Labute approximate surface area is 154 Å². The van der Waals surface area contributed by atoms with Gasteiger partial charge in [0.05, 0.1) is 0 Å². The van der Waals surface area contributed by atoms with Gasteiger partial charge in [-0.25, -0.2) is 5.01 Å². The van der Waals surface area contributed by atoms with Crippen LogP contribution in [0.2, 0.25) is 0 Å². The molecule has 11 heteroatoms. The van der Waals surface area contributed by atoms with Crippen molar-refractivity contribution in [3.63, 3.8) is 0 Å². The Hall–Kier alpha value is -1.69. The molecule has 0 bridgehead atoms. The average Bonchev–Trinajstić information content (AvgIpc) is 3.10. The van der Waals surface area contributed by atoms with Crippen LogP contribution in [0.15, 0.2) is 5.10 Å². The van der Waals surface area contributed by atoms with E-state index in [4.69, 9.17) is 18.9 Å². The number of amides is 2. The van der Waals surface area contributed by atoms with Crippen LogP contribution in [0.4, 0.5) is 0 Å². The van der Waals surface area contributed by atoms with Gasteiger partial charge in [0.1, 0.15) is 11.5 Å². The Morgan fingerprint density at radius 2 is 1.88 bits per heavy atom. The highest BCUT2D eigenvalue weighted by Gasteiger charge is 2.60. The molecule has 2 amide bonds. The molecule has 0 aliphatic carbocycles. The first-order valence-corrected chi connectivity index (χ1v) is 8.96. The van der Waals surface area contributed by atoms with E-state index in [2.05, 4.69) is 10.4 Å². The van der Waals surface area contributed by atoms with Crippen LogP contribution in [0.3, 0.4) is 0 Å². The normalized spacial score (nSPS) is 35.0. The molecule has 1 N–H and O–H groups in total. The number of nitrogens with zero attached hydrogens (tertiary/aromatic N) is 2. The molecule has 144 valence electrons. The van der Waals surface area contributed by atoms with E-state index < -0.39 is 41.7 Å². The Balaban J connectivity index is 1.83. The summed E-state index contributed by atoms with van der Waals surface area (Å²) in [4.78, 5) is 34.9. The molecule has 0 aromatic heterocycles. The summed E-state index contributed by atoms with van der Waals surface area (Å²) in [7, 11) is 0. The largest absolute Gasteiger partial charge is 0.457 e. The number of rotatable bonds is 2. The number of esters is 1. The number of hydrogen-bond acceptors (Lipinski definition) is 9. The lowest BCUT2D eigenvalue weighted by Gasteiger charge is -2.30. The minimum Gasteiger partial charge on any atom is -0.457 e. The number of carbonyl (C=O) groups excluding carboxylic acids is 3. The highest BCUT2D eigenvalue weighted by Crippen LogP contribution is 2.43. The van der Waals surface area contributed by atoms with E-state index in [1.165, 1.54) is 25.8 Å². The lowest BCUT2D eigenvalue weighted by molar-refractivity contribution is -0.221. The van der Waals surface area contributed by atoms with E-state index >= 15 is 0 Å². The van der Waals surface area contributed by atoms with Gasteiger partial charge in [-0.1, -0.05) is 11.8 Å². The van der Waals surface area contributed by atoms with E-state index in [0.717, 1.165) is 11.8 Å². The molecular formula is C15H21N3O7S. The molecule has 5 atom stereocenters. The molecule has 1 unspecified atom stereocenters. The van der Waals surface area contributed by atoms with Crippen molar-refractivity contribution in [1.29, 1.82) is 0 Å². The van der Waals surface area contributed by atoms with Crippen molar-refractivity contribution in [2.24, 2.45) is 5.10 Å². The fourth-order valence-corrected chi connectivity index (χ4v) is 4.28. The lowest BCUT2D eigenvalue weighted by atomic mass is 10.1. The first-order chi connectivity index (χ1) is 12.1. The second-order valence-corrected chi connectivity index (χ2v) is 7.71. The molecule has 3 aliphatic rings. The molecular weight excluding hydrogens is 366 g/mol. The zero-order chi connectivity index (χ0) is 19.2. The van der Waals surface area contributed by atoms with Crippen molar-refractivity contribution in [1.82, 2.24) is 10.3 Å². The molecule has 0 aromatic carbocycles. The summed E-state index contributed by atoms with van der Waals surface area (Å²) in [5.74, 6) is -2.03. The summed E-state index contributed by atoms with van der Waals surface area (Å²) in [5.41, 5.74) is 0. The van der Waals surface area contributed by atoms with Gasteiger partial charge in [0.25, 0.3) is 0 Å². The van der Waals surface area contributed by atoms with Gasteiger partial charge in [-0.3, -0.25) is 14.4 Å². The molecule has 2 fully saturated rings. The van der Waals surface area contributed by atoms with E-state index in [-0.39, 0.29) is 17.0 Å². The maximum absolute atomic E-state index is 12.0. The Kier molecular flexibility index (Phi) is 4.99. The molecule has 3 rings (SSSR count). The van der Waals surface area contributed by atoms with E-state index in [1.54, 1.807) is 13.8 Å². The van der Waals surface area contributed by atoms with E-state index in [0.29, 0.717) is 0 Å². The topological polar surface area (TPSA) is 116 Å². The molecule has 3 aliphatic heterocycles. The predicted molar refractivity (Wildman–Crippen MR) is 89.4 cm³/mol. The molecule has 26 heavy (non-hydrogen) atoms. The molecule has 0 saturated carbocycles. The highest BCUT2D eigenvalue weighted by molar-refractivity contribution is 8.14. The molecule has 0 radical (unpaired) electrons. The smallest absolute Gasteiger partial charge is 0.303 e. The fourth-order valence-electron chi connectivity index (χ4n) is 3.06. The van der Waals surface area contributed by atoms with Gasteiger partial charge in [-0.2, -0.15) is 0 Å². The van der Waals surface area contributed by atoms with Crippen LogP contribution in [0.5, 0.6) is 0 Å². The van der Waals surface area contributed by atoms with Crippen molar-refractivity contribution in [2.45, 2.75) is 70.4 Å². The van der Waals surface area contributed by atoms with E-state index in [1.807, 2.05) is 0 Å². The van der Waals surface area contributed by atoms with Gasteiger partial charge in [0.2, 0.25) is 11.8 Å². The van der Waals surface area contributed by atoms with Gasteiger partial charge in [-0.05, 0) is 13.8 Å². The Morgan fingerprint density at radius 1 is 1.19 bits per heavy atom. The van der Waals surface area contributed by atoms with Crippen molar-refractivity contribution in [2.75, 3.05) is 0 Å². The molecule has 2 saturated heterocycles. The molecule has 3 heterocycles. The number of hydrazone groups is 1. The van der Waals surface area contributed by atoms with Crippen LogP contribution in [-0.2, 0) is 33.3 Å². The standard InChI is InChI=1S/C15H21N3O7S/c1-6(19)16-14-17-18(7(2)20)12(26-14)10-9(22-8(3)21)11-13(23-10)25-15(4,5)24-11/h9-13H,1-5H3,(H,16,17,19)/t9-,10+,11+,12?,13+/m0/s1. The number of nitrogens with one attached hydrogen (secondary N) is 1. The maximum Gasteiger partial charge on any atom is 0.303 e. The minimum absolute atomic E-state index is 0.266. The van der Waals surface area contributed by atoms with Gasteiger partial charge >= 0.3 is 5.97 Å². The van der Waals surface area contributed by atoms with Crippen molar-refractivity contribution < 1.29 is 33.3 Å². The quantitative estimate of drug-likeness (QED) is 0.665. The lowest BCUT2D eigenvalue weighted by Crippen LogP contribution is -2.47. The van der Waals surface area contributed by atoms with Crippen LogP contribution in [0.25, 0.3) is 0 Å². The zero-order valence-electron chi connectivity index (χ0n) is 15.0. The third kappa shape index (κ3) is 3.70. The number of carbonyl (C=O) groups is 3. The first kappa shape index (κ1) is 19.1. The van der Waals surface area contributed by atoms with Crippen LogP contribution < -0.4 is 5.32 Å². The number of hydrogen-bond donors (Lipinski definition) is 1. The summed E-state index contributed by atoms with van der Waals surface area (Å²) in [6.07, 6.45) is -2.89. The molecule has 10 nitrogen and oxygen atoms in total. The third-order valence-electron chi connectivity index (χ3n) is 3.89. The summed E-state index contributed by atoms with van der Waals surface area (Å²) in [5, 5.41) is 7.50. The number of thioether (sulfide) groups is 1. The number of ether oxygens (including phenoxy) is 4.